The number of allylic oxidation sites excluding steroid dienone is 2. The van der Waals surface area contributed by atoms with Gasteiger partial charge < -0.3 is 16.2 Å². The number of Topliss-reactive ketones (excluding diaryl/α,β-unsaturated/α-hetero) is 1. The summed E-state index contributed by atoms with van der Waals surface area (Å²) in [6, 6.07) is 5.38. The van der Waals surface area contributed by atoms with Crippen molar-refractivity contribution >= 4 is 11.8 Å². The molecule has 2 aliphatic rings. The standard InChI is InChI=1S/C16H17N3O3/c1-8-4-2-5-10(18-8)13-12-9(6-3-7-11(12)20)19-15(17)14(13)16(21)22/h2,4-5,13,19H,3,6-7,17H2,1H3,(H,21,22). The molecule has 6 nitrogen and oxygen atoms in total. The minimum Gasteiger partial charge on any atom is -0.478 e. The number of carboxylic acid groups (broad SMARTS) is 1. The molecule has 22 heavy (non-hydrogen) atoms. The summed E-state index contributed by atoms with van der Waals surface area (Å²) in [5, 5.41) is 12.4. The Labute approximate surface area is 127 Å². The highest BCUT2D eigenvalue weighted by Gasteiger charge is 2.39. The second kappa shape index (κ2) is 5.29. The van der Waals surface area contributed by atoms with E-state index >= 15 is 0 Å². The van der Waals surface area contributed by atoms with E-state index in [4.69, 9.17) is 5.73 Å². The molecule has 0 fully saturated rings. The number of carbonyl (C=O) groups is 2. The number of hydrogen-bond donors (Lipinski definition) is 3. The van der Waals surface area contributed by atoms with Crippen molar-refractivity contribution in [3.8, 4) is 0 Å². The number of aliphatic carboxylic acids is 1. The van der Waals surface area contributed by atoms with Crippen LogP contribution in [0.15, 0.2) is 40.9 Å². The van der Waals surface area contributed by atoms with Gasteiger partial charge in [0.15, 0.2) is 5.78 Å². The number of rotatable bonds is 2. The Kier molecular flexibility index (Phi) is 3.44. The van der Waals surface area contributed by atoms with Crippen molar-refractivity contribution < 1.29 is 14.7 Å². The van der Waals surface area contributed by atoms with E-state index in [2.05, 4.69) is 10.3 Å². The van der Waals surface area contributed by atoms with E-state index in [-0.39, 0.29) is 17.2 Å². The molecular weight excluding hydrogens is 282 g/mol. The molecule has 0 spiro atoms. The van der Waals surface area contributed by atoms with Gasteiger partial charge in [0.25, 0.3) is 0 Å². The summed E-state index contributed by atoms with van der Waals surface area (Å²) in [6.07, 6.45) is 1.86. The molecule has 1 aromatic rings. The first-order chi connectivity index (χ1) is 10.5. The molecule has 1 atom stereocenters. The molecule has 1 aromatic heterocycles. The summed E-state index contributed by atoms with van der Waals surface area (Å²) < 4.78 is 0. The molecule has 1 unspecified atom stereocenters. The van der Waals surface area contributed by atoms with Gasteiger partial charge in [0.05, 0.1) is 17.2 Å². The Morgan fingerprint density at radius 3 is 2.86 bits per heavy atom. The van der Waals surface area contributed by atoms with Crippen LogP contribution >= 0.6 is 0 Å². The molecule has 0 radical (unpaired) electrons. The minimum absolute atomic E-state index is 0.00731. The van der Waals surface area contributed by atoms with Gasteiger partial charge >= 0.3 is 5.97 Å². The number of nitrogens with zero attached hydrogens (tertiary/aromatic N) is 1. The smallest absolute Gasteiger partial charge is 0.336 e. The highest BCUT2D eigenvalue weighted by Crippen LogP contribution is 2.40. The summed E-state index contributed by atoms with van der Waals surface area (Å²) in [5.41, 5.74) is 8.44. The molecule has 0 amide bonds. The number of aryl methyl sites for hydroxylation is 1. The van der Waals surface area contributed by atoms with Crippen LogP contribution in [0.2, 0.25) is 0 Å². The van der Waals surface area contributed by atoms with Crippen LogP contribution in [-0.4, -0.2) is 21.8 Å². The molecule has 114 valence electrons. The van der Waals surface area contributed by atoms with E-state index in [1.54, 1.807) is 6.07 Å². The highest BCUT2D eigenvalue weighted by molar-refractivity contribution is 6.03. The van der Waals surface area contributed by atoms with Crippen molar-refractivity contribution in [3.63, 3.8) is 0 Å². The monoisotopic (exact) mass is 299 g/mol. The zero-order valence-corrected chi connectivity index (χ0v) is 12.2. The first-order valence-corrected chi connectivity index (χ1v) is 7.18. The highest BCUT2D eigenvalue weighted by atomic mass is 16.4. The van der Waals surface area contributed by atoms with Crippen LogP contribution in [0.25, 0.3) is 0 Å². The van der Waals surface area contributed by atoms with Crippen molar-refractivity contribution in [2.45, 2.75) is 32.1 Å². The summed E-state index contributed by atoms with van der Waals surface area (Å²) >= 11 is 0. The van der Waals surface area contributed by atoms with E-state index in [0.717, 1.165) is 17.8 Å². The molecule has 0 aromatic carbocycles. The average molecular weight is 299 g/mol. The Bertz CT molecular complexity index is 734. The number of hydrogen-bond acceptors (Lipinski definition) is 5. The molecule has 1 aliphatic heterocycles. The second-order valence-corrected chi connectivity index (χ2v) is 5.56. The van der Waals surface area contributed by atoms with Gasteiger partial charge in [0.1, 0.15) is 5.82 Å². The van der Waals surface area contributed by atoms with Gasteiger partial charge in [-0.05, 0) is 31.9 Å². The minimum atomic E-state index is -1.14. The number of dihydropyridines is 1. The van der Waals surface area contributed by atoms with Crippen molar-refractivity contribution in [3.05, 3.63) is 52.3 Å². The lowest BCUT2D eigenvalue weighted by Gasteiger charge is -2.32. The van der Waals surface area contributed by atoms with Crippen LogP contribution < -0.4 is 11.1 Å². The molecule has 2 heterocycles. The Hall–Kier alpha value is -2.63. The Morgan fingerprint density at radius 1 is 1.41 bits per heavy atom. The van der Waals surface area contributed by atoms with Crippen LogP contribution in [0.4, 0.5) is 0 Å². The molecule has 0 bridgehead atoms. The fourth-order valence-electron chi connectivity index (χ4n) is 3.12. The van der Waals surface area contributed by atoms with Crippen molar-refractivity contribution in [1.29, 1.82) is 0 Å². The molecule has 3 rings (SSSR count). The van der Waals surface area contributed by atoms with Gasteiger partial charge in [-0.3, -0.25) is 9.78 Å². The second-order valence-electron chi connectivity index (χ2n) is 5.56. The van der Waals surface area contributed by atoms with Gasteiger partial charge in [-0.25, -0.2) is 4.79 Å². The molecule has 0 saturated heterocycles. The summed E-state index contributed by atoms with van der Waals surface area (Å²) in [5.74, 6) is -1.78. The lowest BCUT2D eigenvalue weighted by atomic mass is 9.77. The van der Waals surface area contributed by atoms with E-state index in [0.29, 0.717) is 24.1 Å². The maximum Gasteiger partial charge on any atom is 0.336 e. The molecule has 0 saturated carbocycles. The predicted octanol–water partition coefficient (Wildman–Crippen LogP) is 1.34. The lowest BCUT2D eigenvalue weighted by molar-refractivity contribution is -0.133. The van der Waals surface area contributed by atoms with Crippen molar-refractivity contribution in [1.82, 2.24) is 10.3 Å². The van der Waals surface area contributed by atoms with Crippen LogP contribution in [0.1, 0.15) is 36.6 Å². The summed E-state index contributed by atoms with van der Waals surface area (Å²) in [6.45, 7) is 1.83. The van der Waals surface area contributed by atoms with Gasteiger partial charge in [-0.1, -0.05) is 6.07 Å². The SMILES string of the molecule is Cc1cccc(C2C(C(=O)O)=C(N)NC3=C2C(=O)CCC3)n1. The van der Waals surface area contributed by atoms with E-state index in [9.17, 15) is 14.7 Å². The van der Waals surface area contributed by atoms with E-state index in [1.165, 1.54) is 0 Å². The maximum atomic E-state index is 12.4. The van der Waals surface area contributed by atoms with Crippen LogP contribution in [0.3, 0.4) is 0 Å². The molecular formula is C16H17N3O3. The van der Waals surface area contributed by atoms with Gasteiger partial charge in [0.2, 0.25) is 0 Å². The van der Waals surface area contributed by atoms with Crippen LogP contribution in [-0.2, 0) is 9.59 Å². The predicted molar refractivity (Wildman–Crippen MR) is 79.6 cm³/mol. The Balaban J connectivity index is 2.21. The van der Waals surface area contributed by atoms with E-state index in [1.807, 2.05) is 19.1 Å². The van der Waals surface area contributed by atoms with Gasteiger partial charge in [-0.15, -0.1) is 0 Å². The average Bonchev–Trinajstić information content (AvgIpc) is 2.45. The van der Waals surface area contributed by atoms with Gasteiger partial charge in [0, 0.05) is 23.4 Å². The first kappa shape index (κ1) is 14.3. The van der Waals surface area contributed by atoms with Crippen molar-refractivity contribution in [2.75, 3.05) is 0 Å². The molecule has 6 heteroatoms. The zero-order valence-electron chi connectivity index (χ0n) is 12.2. The third-order valence-electron chi connectivity index (χ3n) is 4.05. The topological polar surface area (TPSA) is 105 Å². The number of nitrogens with one attached hydrogen (secondary N) is 1. The molecule has 4 N–H and O–H groups in total. The summed E-state index contributed by atoms with van der Waals surface area (Å²) in [4.78, 5) is 28.5. The lowest BCUT2D eigenvalue weighted by Crippen LogP contribution is -2.37. The van der Waals surface area contributed by atoms with Crippen LogP contribution in [0.5, 0.6) is 0 Å². The number of carboxylic acids is 1. The normalized spacial score (nSPS) is 21.5. The number of carbonyl (C=O) groups excluding carboxylic acids is 1. The quantitative estimate of drug-likeness (QED) is 0.761. The fourth-order valence-corrected chi connectivity index (χ4v) is 3.12. The number of nitrogens with two attached hydrogens (primary N) is 1. The first-order valence-electron chi connectivity index (χ1n) is 7.18. The maximum absolute atomic E-state index is 12.4. The third-order valence-corrected chi connectivity index (χ3v) is 4.05. The van der Waals surface area contributed by atoms with Crippen molar-refractivity contribution in [2.24, 2.45) is 5.73 Å². The number of ketones is 1. The largest absolute Gasteiger partial charge is 0.478 e. The van der Waals surface area contributed by atoms with Gasteiger partial charge in [-0.2, -0.15) is 0 Å². The van der Waals surface area contributed by atoms with Crippen LogP contribution in [0, 0.1) is 6.92 Å². The van der Waals surface area contributed by atoms with E-state index < -0.39 is 11.9 Å². The third kappa shape index (κ3) is 2.26. The number of aromatic nitrogens is 1. The fraction of sp³-hybridized carbons (Fsp3) is 0.312. The summed E-state index contributed by atoms with van der Waals surface area (Å²) in [7, 11) is 0. The number of pyridine rings is 1. The molecule has 1 aliphatic carbocycles. The zero-order chi connectivity index (χ0) is 15.9. The Morgan fingerprint density at radius 2 is 2.18 bits per heavy atom.